The summed E-state index contributed by atoms with van der Waals surface area (Å²) in [5.74, 6) is 0.474. The molecule has 3 heteroatoms. The molecule has 1 aromatic heterocycles. The van der Waals surface area contributed by atoms with Crippen LogP contribution in [0, 0.1) is 5.92 Å². The maximum atomic E-state index is 6.19. The van der Waals surface area contributed by atoms with Crippen molar-refractivity contribution >= 4 is 37.4 Å². The first kappa shape index (κ1) is 11.1. The molecule has 0 fully saturated rings. The molecular formula is C12H14BrNS. The minimum atomic E-state index is 0.132. The smallest absolute Gasteiger partial charge is 0.0488 e. The summed E-state index contributed by atoms with van der Waals surface area (Å²) in [6.45, 7) is 4.32. The van der Waals surface area contributed by atoms with Gasteiger partial charge in [0, 0.05) is 15.2 Å². The minimum absolute atomic E-state index is 0.132. The second-order valence-electron chi connectivity index (χ2n) is 4.08. The summed E-state index contributed by atoms with van der Waals surface area (Å²) in [5.41, 5.74) is 7.46. The van der Waals surface area contributed by atoms with E-state index in [1.807, 2.05) is 0 Å². The number of rotatable bonds is 2. The minimum Gasteiger partial charge on any atom is -0.324 e. The Morgan fingerprint density at radius 3 is 2.73 bits per heavy atom. The van der Waals surface area contributed by atoms with E-state index in [0.717, 1.165) is 4.47 Å². The van der Waals surface area contributed by atoms with Crippen LogP contribution < -0.4 is 5.73 Å². The van der Waals surface area contributed by atoms with Crippen LogP contribution in [0.2, 0.25) is 0 Å². The zero-order chi connectivity index (χ0) is 11.0. The molecule has 2 N–H and O–H groups in total. The predicted molar refractivity (Wildman–Crippen MR) is 71.3 cm³/mol. The van der Waals surface area contributed by atoms with Crippen molar-refractivity contribution in [3.63, 3.8) is 0 Å². The standard InChI is InChI=1S/C12H14BrNS/c1-7(2)11(14)9-6-15-12-8(9)4-3-5-10(12)13/h3-7,11H,14H2,1-2H3. The van der Waals surface area contributed by atoms with Crippen molar-refractivity contribution in [2.45, 2.75) is 19.9 Å². The number of thiophene rings is 1. The fourth-order valence-corrected chi connectivity index (χ4v) is 3.33. The van der Waals surface area contributed by atoms with E-state index < -0.39 is 0 Å². The maximum Gasteiger partial charge on any atom is 0.0488 e. The highest BCUT2D eigenvalue weighted by Gasteiger charge is 2.15. The molecule has 1 aromatic carbocycles. The highest BCUT2D eigenvalue weighted by molar-refractivity contribution is 9.10. The third-order valence-electron chi connectivity index (χ3n) is 2.66. The van der Waals surface area contributed by atoms with Gasteiger partial charge in [-0.2, -0.15) is 0 Å². The summed E-state index contributed by atoms with van der Waals surface area (Å²) in [5, 5.41) is 3.47. The lowest BCUT2D eigenvalue weighted by molar-refractivity contribution is 0.518. The van der Waals surface area contributed by atoms with Gasteiger partial charge in [-0.1, -0.05) is 26.0 Å². The summed E-state index contributed by atoms with van der Waals surface area (Å²) >= 11 is 5.33. The second kappa shape index (κ2) is 4.24. The monoisotopic (exact) mass is 283 g/mol. The van der Waals surface area contributed by atoms with Crippen molar-refractivity contribution in [2.24, 2.45) is 11.7 Å². The Morgan fingerprint density at radius 1 is 1.33 bits per heavy atom. The van der Waals surface area contributed by atoms with E-state index in [-0.39, 0.29) is 6.04 Å². The van der Waals surface area contributed by atoms with Gasteiger partial charge in [0.15, 0.2) is 0 Å². The molecule has 0 aliphatic carbocycles. The number of hydrogen-bond donors (Lipinski definition) is 1. The lowest BCUT2D eigenvalue weighted by Gasteiger charge is -2.14. The molecular weight excluding hydrogens is 270 g/mol. The maximum absolute atomic E-state index is 6.19. The largest absolute Gasteiger partial charge is 0.324 e. The van der Waals surface area contributed by atoms with Crippen LogP contribution in [-0.4, -0.2) is 0 Å². The normalized spacial score (nSPS) is 13.7. The van der Waals surface area contributed by atoms with E-state index in [9.17, 15) is 0 Å². The summed E-state index contributed by atoms with van der Waals surface area (Å²) in [7, 11) is 0. The highest BCUT2D eigenvalue weighted by atomic mass is 79.9. The Hall–Kier alpha value is -0.380. The van der Waals surface area contributed by atoms with Crippen LogP contribution in [0.4, 0.5) is 0 Å². The highest BCUT2D eigenvalue weighted by Crippen LogP contribution is 2.36. The zero-order valence-electron chi connectivity index (χ0n) is 8.83. The topological polar surface area (TPSA) is 26.0 Å². The van der Waals surface area contributed by atoms with E-state index in [0.29, 0.717) is 5.92 Å². The molecule has 0 saturated carbocycles. The van der Waals surface area contributed by atoms with Gasteiger partial charge in [-0.25, -0.2) is 0 Å². The average Bonchev–Trinajstić information content (AvgIpc) is 2.61. The van der Waals surface area contributed by atoms with Gasteiger partial charge in [0.05, 0.1) is 0 Å². The van der Waals surface area contributed by atoms with Gasteiger partial charge < -0.3 is 5.73 Å². The van der Waals surface area contributed by atoms with E-state index in [4.69, 9.17) is 5.73 Å². The Balaban J connectivity index is 2.59. The summed E-state index contributed by atoms with van der Waals surface area (Å²) in [6, 6.07) is 6.42. The average molecular weight is 284 g/mol. The fourth-order valence-electron chi connectivity index (χ4n) is 1.66. The van der Waals surface area contributed by atoms with Gasteiger partial charge in [-0.05, 0) is 44.2 Å². The van der Waals surface area contributed by atoms with E-state index in [2.05, 4.69) is 53.4 Å². The van der Waals surface area contributed by atoms with Crippen molar-refractivity contribution in [3.8, 4) is 0 Å². The summed E-state index contributed by atoms with van der Waals surface area (Å²) in [4.78, 5) is 0. The summed E-state index contributed by atoms with van der Waals surface area (Å²) in [6.07, 6.45) is 0. The number of halogens is 1. The Morgan fingerprint density at radius 2 is 2.07 bits per heavy atom. The Bertz CT molecular complexity index is 475. The molecule has 2 aromatic rings. The molecule has 1 atom stereocenters. The van der Waals surface area contributed by atoms with Crippen molar-refractivity contribution in [2.75, 3.05) is 0 Å². The van der Waals surface area contributed by atoms with Crippen LogP contribution in [0.1, 0.15) is 25.5 Å². The first-order valence-corrected chi connectivity index (χ1v) is 6.69. The van der Waals surface area contributed by atoms with Gasteiger partial charge >= 0.3 is 0 Å². The molecule has 1 nitrogen and oxygen atoms in total. The van der Waals surface area contributed by atoms with Crippen molar-refractivity contribution in [1.29, 1.82) is 0 Å². The van der Waals surface area contributed by atoms with Crippen molar-refractivity contribution < 1.29 is 0 Å². The molecule has 80 valence electrons. The van der Waals surface area contributed by atoms with Crippen LogP contribution in [0.25, 0.3) is 10.1 Å². The molecule has 0 aliphatic rings. The third-order valence-corrected chi connectivity index (χ3v) is 4.63. The molecule has 1 heterocycles. The molecule has 0 amide bonds. The second-order valence-corrected chi connectivity index (χ2v) is 5.81. The zero-order valence-corrected chi connectivity index (χ0v) is 11.2. The third kappa shape index (κ3) is 1.96. The van der Waals surface area contributed by atoms with Gasteiger partial charge in [0.25, 0.3) is 0 Å². The lowest BCUT2D eigenvalue weighted by atomic mass is 9.97. The number of fused-ring (bicyclic) bond motifs is 1. The fraction of sp³-hybridized carbons (Fsp3) is 0.333. The van der Waals surface area contributed by atoms with Gasteiger partial charge in [-0.15, -0.1) is 11.3 Å². The van der Waals surface area contributed by atoms with Gasteiger partial charge in [0.1, 0.15) is 0 Å². The molecule has 0 aliphatic heterocycles. The number of benzene rings is 1. The molecule has 0 saturated heterocycles. The van der Waals surface area contributed by atoms with Gasteiger partial charge in [-0.3, -0.25) is 0 Å². The first-order valence-electron chi connectivity index (χ1n) is 5.02. The van der Waals surface area contributed by atoms with Crippen LogP contribution in [-0.2, 0) is 0 Å². The molecule has 0 bridgehead atoms. The molecule has 15 heavy (non-hydrogen) atoms. The summed E-state index contributed by atoms with van der Waals surface area (Å²) < 4.78 is 2.45. The van der Waals surface area contributed by atoms with Crippen LogP contribution in [0.3, 0.4) is 0 Å². The van der Waals surface area contributed by atoms with Crippen LogP contribution in [0.5, 0.6) is 0 Å². The Labute approximate surface area is 102 Å². The molecule has 1 unspecified atom stereocenters. The lowest BCUT2D eigenvalue weighted by Crippen LogP contribution is -2.15. The SMILES string of the molecule is CC(C)C(N)c1csc2c(Br)cccc12. The first-order chi connectivity index (χ1) is 7.11. The number of hydrogen-bond acceptors (Lipinski definition) is 2. The van der Waals surface area contributed by atoms with Crippen molar-refractivity contribution in [1.82, 2.24) is 0 Å². The van der Waals surface area contributed by atoms with Gasteiger partial charge in [0.2, 0.25) is 0 Å². The Kier molecular flexibility index (Phi) is 3.14. The molecule has 0 radical (unpaired) electrons. The van der Waals surface area contributed by atoms with Crippen LogP contribution in [0.15, 0.2) is 28.1 Å². The predicted octanol–water partition coefficient (Wildman–Crippen LogP) is 4.32. The van der Waals surface area contributed by atoms with E-state index >= 15 is 0 Å². The quantitative estimate of drug-likeness (QED) is 0.873. The van der Waals surface area contributed by atoms with E-state index in [1.54, 1.807) is 11.3 Å². The molecule has 2 rings (SSSR count). The van der Waals surface area contributed by atoms with Crippen molar-refractivity contribution in [3.05, 3.63) is 33.6 Å². The van der Waals surface area contributed by atoms with Crippen LogP contribution >= 0.6 is 27.3 Å². The van der Waals surface area contributed by atoms with E-state index in [1.165, 1.54) is 15.6 Å². The molecule has 0 spiro atoms. The number of nitrogens with two attached hydrogens (primary N) is 1.